The first-order valence-corrected chi connectivity index (χ1v) is 9.87. The molecule has 0 radical (unpaired) electrons. The Bertz CT molecular complexity index is 768. The molecule has 2 saturated heterocycles. The van der Waals surface area contributed by atoms with Crippen molar-refractivity contribution >= 4 is 15.9 Å². The van der Waals surface area contributed by atoms with E-state index in [2.05, 4.69) is 4.74 Å². The van der Waals surface area contributed by atoms with Gasteiger partial charge in [-0.1, -0.05) is 0 Å². The molecule has 27 heavy (non-hydrogen) atoms. The standard InChI is InChI=1S/C16H19F3N2O5S/c17-16(18,19)26-12-3-5-13(6-4-12)27(23,24)21-9-7-20(8-10-21)15(22)14-2-1-11-25-14/h3-6,14H,1-2,7-11H2/t14-/m0/s1. The van der Waals surface area contributed by atoms with Crippen LogP contribution in [-0.4, -0.2) is 68.8 Å². The highest BCUT2D eigenvalue weighted by atomic mass is 32.2. The largest absolute Gasteiger partial charge is 0.573 e. The van der Waals surface area contributed by atoms with Gasteiger partial charge in [0, 0.05) is 32.8 Å². The Labute approximate surface area is 154 Å². The van der Waals surface area contributed by atoms with Crippen molar-refractivity contribution < 1.29 is 35.9 Å². The molecular formula is C16H19F3N2O5S. The third kappa shape index (κ3) is 4.71. The first-order chi connectivity index (χ1) is 12.7. The van der Waals surface area contributed by atoms with E-state index < -0.39 is 28.2 Å². The minimum Gasteiger partial charge on any atom is -0.406 e. The van der Waals surface area contributed by atoms with Gasteiger partial charge in [-0.15, -0.1) is 13.2 Å². The number of piperazine rings is 1. The fraction of sp³-hybridized carbons (Fsp3) is 0.562. The summed E-state index contributed by atoms with van der Waals surface area (Å²) >= 11 is 0. The highest BCUT2D eigenvalue weighted by Gasteiger charge is 2.34. The molecule has 1 aromatic rings. The van der Waals surface area contributed by atoms with Crippen molar-refractivity contribution in [3.8, 4) is 5.75 Å². The first-order valence-electron chi connectivity index (χ1n) is 8.43. The average Bonchev–Trinajstić information content (AvgIpc) is 3.15. The number of amides is 1. The Balaban J connectivity index is 1.62. The van der Waals surface area contributed by atoms with E-state index in [-0.39, 0.29) is 37.0 Å². The van der Waals surface area contributed by atoms with Crippen LogP contribution < -0.4 is 4.74 Å². The zero-order valence-electron chi connectivity index (χ0n) is 14.3. The van der Waals surface area contributed by atoms with E-state index in [9.17, 15) is 26.4 Å². The molecule has 2 fully saturated rings. The number of nitrogens with zero attached hydrogens (tertiary/aromatic N) is 2. The summed E-state index contributed by atoms with van der Waals surface area (Å²) in [6, 6.07) is 4.05. The minimum absolute atomic E-state index is 0.113. The third-order valence-corrected chi connectivity index (χ3v) is 6.36. The molecule has 3 rings (SSSR count). The lowest BCUT2D eigenvalue weighted by Gasteiger charge is -2.35. The monoisotopic (exact) mass is 408 g/mol. The number of sulfonamides is 1. The van der Waals surface area contributed by atoms with Crippen LogP contribution in [0.3, 0.4) is 0 Å². The molecular weight excluding hydrogens is 389 g/mol. The fourth-order valence-electron chi connectivity index (χ4n) is 3.09. The molecule has 1 atom stereocenters. The Morgan fingerprint density at radius 1 is 1.11 bits per heavy atom. The van der Waals surface area contributed by atoms with Gasteiger partial charge in [-0.3, -0.25) is 4.79 Å². The maximum Gasteiger partial charge on any atom is 0.573 e. The van der Waals surface area contributed by atoms with Crippen molar-refractivity contribution in [2.75, 3.05) is 32.8 Å². The molecule has 0 aliphatic carbocycles. The van der Waals surface area contributed by atoms with E-state index in [0.717, 1.165) is 30.7 Å². The smallest absolute Gasteiger partial charge is 0.406 e. The number of ether oxygens (including phenoxy) is 2. The lowest BCUT2D eigenvalue weighted by molar-refractivity contribution is -0.274. The number of alkyl halides is 3. The lowest BCUT2D eigenvalue weighted by Crippen LogP contribution is -2.52. The van der Waals surface area contributed by atoms with Crippen molar-refractivity contribution in [3.05, 3.63) is 24.3 Å². The van der Waals surface area contributed by atoms with Crippen LogP contribution in [0.5, 0.6) is 5.75 Å². The van der Waals surface area contributed by atoms with E-state index in [4.69, 9.17) is 4.74 Å². The summed E-state index contributed by atoms with van der Waals surface area (Å²) in [6.45, 7) is 1.27. The van der Waals surface area contributed by atoms with Gasteiger partial charge < -0.3 is 14.4 Å². The second-order valence-electron chi connectivity index (χ2n) is 6.25. The number of hydrogen-bond acceptors (Lipinski definition) is 5. The Morgan fingerprint density at radius 2 is 1.74 bits per heavy atom. The molecule has 2 heterocycles. The maximum absolute atomic E-state index is 12.7. The van der Waals surface area contributed by atoms with Gasteiger partial charge in [0.25, 0.3) is 5.91 Å². The van der Waals surface area contributed by atoms with Crippen LogP contribution in [0.1, 0.15) is 12.8 Å². The molecule has 0 N–H and O–H groups in total. The van der Waals surface area contributed by atoms with Crippen LogP contribution >= 0.6 is 0 Å². The molecule has 11 heteroatoms. The molecule has 0 aromatic heterocycles. The molecule has 0 bridgehead atoms. The van der Waals surface area contributed by atoms with Crippen LogP contribution in [0, 0.1) is 0 Å². The zero-order valence-corrected chi connectivity index (χ0v) is 15.1. The summed E-state index contributed by atoms with van der Waals surface area (Å²) in [5, 5.41) is 0. The molecule has 150 valence electrons. The van der Waals surface area contributed by atoms with Crippen LogP contribution in [0.25, 0.3) is 0 Å². The predicted octanol–water partition coefficient (Wildman–Crippen LogP) is 1.60. The molecule has 2 aliphatic rings. The topological polar surface area (TPSA) is 76.2 Å². The molecule has 0 unspecified atom stereocenters. The van der Waals surface area contributed by atoms with Crippen molar-refractivity contribution in [1.29, 1.82) is 0 Å². The number of halogens is 3. The summed E-state index contributed by atoms with van der Waals surface area (Å²) in [5.41, 5.74) is 0. The number of carbonyl (C=O) groups excluding carboxylic acids is 1. The average molecular weight is 408 g/mol. The molecule has 1 amide bonds. The Hall–Kier alpha value is -1.85. The molecule has 0 spiro atoms. The quantitative estimate of drug-likeness (QED) is 0.757. The van der Waals surface area contributed by atoms with Crippen molar-refractivity contribution in [3.63, 3.8) is 0 Å². The molecule has 0 saturated carbocycles. The molecule has 2 aliphatic heterocycles. The maximum atomic E-state index is 12.7. The predicted molar refractivity (Wildman–Crippen MR) is 87.4 cm³/mol. The Kier molecular flexibility index (Phi) is 5.63. The van der Waals surface area contributed by atoms with Crippen LogP contribution in [0.2, 0.25) is 0 Å². The van der Waals surface area contributed by atoms with E-state index in [0.29, 0.717) is 13.0 Å². The fourth-order valence-corrected chi connectivity index (χ4v) is 4.51. The minimum atomic E-state index is -4.84. The summed E-state index contributed by atoms with van der Waals surface area (Å²) < 4.78 is 72.2. The summed E-state index contributed by atoms with van der Waals surface area (Å²) in [4.78, 5) is 13.8. The lowest BCUT2D eigenvalue weighted by atomic mass is 10.2. The summed E-state index contributed by atoms with van der Waals surface area (Å²) in [6.07, 6.45) is -3.79. The van der Waals surface area contributed by atoms with E-state index in [1.807, 2.05) is 0 Å². The normalized spacial score (nSPS) is 22.0. The van der Waals surface area contributed by atoms with Crippen molar-refractivity contribution in [1.82, 2.24) is 9.21 Å². The van der Waals surface area contributed by atoms with Gasteiger partial charge in [0.2, 0.25) is 10.0 Å². The number of hydrogen-bond donors (Lipinski definition) is 0. The van der Waals surface area contributed by atoms with Crippen LogP contribution in [0.4, 0.5) is 13.2 Å². The van der Waals surface area contributed by atoms with Gasteiger partial charge >= 0.3 is 6.36 Å². The van der Waals surface area contributed by atoms with Crippen LogP contribution in [0.15, 0.2) is 29.2 Å². The van der Waals surface area contributed by atoms with Gasteiger partial charge in [0.05, 0.1) is 4.90 Å². The van der Waals surface area contributed by atoms with Crippen molar-refractivity contribution in [2.45, 2.75) is 30.2 Å². The van der Waals surface area contributed by atoms with E-state index in [1.54, 1.807) is 4.90 Å². The molecule has 7 nitrogen and oxygen atoms in total. The highest BCUT2D eigenvalue weighted by molar-refractivity contribution is 7.89. The first kappa shape index (κ1) is 19.9. The molecule has 1 aromatic carbocycles. The second kappa shape index (κ2) is 7.64. The SMILES string of the molecule is O=C([C@@H]1CCCO1)N1CCN(S(=O)(=O)c2ccc(OC(F)(F)F)cc2)CC1. The number of benzene rings is 1. The van der Waals surface area contributed by atoms with E-state index in [1.165, 1.54) is 4.31 Å². The van der Waals surface area contributed by atoms with Gasteiger partial charge in [0.1, 0.15) is 11.9 Å². The zero-order chi connectivity index (χ0) is 19.7. The second-order valence-corrected chi connectivity index (χ2v) is 8.19. The van der Waals surface area contributed by atoms with E-state index >= 15 is 0 Å². The summed E-state index contributed by atoms with van der Waals surface area (Å²) in [5.74, 6) is -0.619. The Morgan fingerprint density at radius 3 is 2.26 bits per heavy atom. The number of rotatable bonds is 4. The highest BCUT2D eigenvalue weighted by Crippen LogP contribution is 2.25. The van der Waals surface area contributed by atoms with Crippen LogP contribution in [-0.2, 0) is 19.6 Å². The van der Waals surface area contributed by atoms with Gasteiger partial charge in [-0.2, -0.15) is 4.31 Å². The van der Waals surface area contributed by atoms with Gasteiger partial charge in [-0.25, -0.2) is 8.42 Å². The van der Waals surface area contributed by atoms with Crippen molar-refractivity contribution in [2.24, 2.45) is 0 Å². The number of carbonyl (C=O) groups is 1. The summed E-state index contributed by atoms with van der Waals surface area (Å²) in [7, 11) is -3.86. The van der Waals surface area contributed by atoms with Gasteiger partial charge in [0.15, 0.2) is 0 Å². The third-order valence-electron chi connectivity index (χ3n) is 4.45. The van der Waals surface area contributed by atoms with Gasteiger partial charge in [-0.05, 0) is 37.1 Å².